The highest BCUT2D eigenvalue weighted by Gasteiger charge is 2.44. The zero-order chi connectivity index (χ0) is 17.4. The van der Waals surface area contributed by atoms with Crippen LogP contribution in [0, 0.1) is 0 Å². The first-order valence-corrected chi connectivity index (χ1v) is 7.15. The van der Waals surface area contributed by atoms with Crippen LogP contribution in [0.1, 0.15) is 0 Å². The summed E-state index contributed by atoms with van der Waals surface area (Å²) >= 11 is 0. The maximum atomic E-state index is 11.2. The van der Waals surface area contributed by atoms with E-state index in [1.54, 1.807) is 0 Å². The van der Waals surface area contributed by atoms with Crippen LogP contribution in [0.5, 0.6) is 11.5 Å². The molecule has 2 aromatic rings. The Balaban J connectivity index is 1.89. The van der Waals surface area contributed by atoms with Crippen LogP contribution in [0.2, 0.25) is 0 Å². The summed E-state index contributed by atoms with van der Waals surface area (Å²) in [4.78, 5) is 11.2. The van der Waals surface area contributed by atoms with Crippen molar-refractivity contribution in [2.24, 2.45) is 0 Å². The van der Waals surface area contributed by atoms with Crippen LogP contribution >= 0.6 is 0 Å². The van der Waals surface area contributed by atoms with Gasteiger partial charge in [0.05, 0.1) is 6.61 Å². The molecule has 1 fully saturated rings. The Morgan fingerprint density at radius 2 is 1.83 bits per heavy atom. The molecule has 24 heavy (non-hydrogen) atoms. The number of fused-ring (bicyclic) bond motifs is 1. The van der Waals surface area contributed by atoms with Gasteiger partial charge in [0.2, 0.25) is 6.29 Å². The number of aliphatic hydroxyl groups excluding tert-OH is 4. The smallest absolute Gasteiger partial charge is 0.336 e. The molecule has 5 atom stereocenters. The molecule has 3 rings (SSSR count). The van der Waals surface area contributed by atoms with Gasteiger partial charge in [0.15, 0.2) is 11.5 Å². The lowest BCUT2D eigenvalue weighted by atomic mass is 9.99. The minimum atomic E-state index is -1.60. The number of phenols is 1. The monoisotopic (exact) mass is 340 g/mol. The average Bonchev–Trinajstić information content (AvgIpc) is 2.56. The third-order valence-corrected chi connectivity index (χ3v) is 3.79. The third kappa shape index (κ3) is 2.95. The van der Waals surface area contributed by atoms with Crippen molar-refractivity contribution in [2.45, 2.75) is 30.7 Å². The van der Waals surface area contributed by atoms with Gasteiger partial charge in [0.1, 0.15) is 30.0 Å². The maximum absolute atomic E-state index is 11.2. The lowest BCUT2D eigenvalue weighted by Crippen LogP contribution is -2.60. The second-order valence-electron chi connectivity index (χ2n) is 5.43. The molecule has 0 amide bonds. The Kier molecular flexibility index (Phi) is 4.43. The molecular formula is C15H16O9. The molecule has 5 N–H and O–H groups in total. The van der Waals surface area contributed by atoms with Gasteiger partial charge >= 0.3 is 5.63 Å². The molecule has 1 aliphatic heterocycles. The van der Waals surface area contributed by atoms with Gasteiger partial charge in [-0.05, 0) is 12.1 Å². The second-order valence-corrected chi connectivity index (χ2v) is 5.43. The van der Waals surface area contributed by atoms with Gasteiger partial charge in [-0.25, -0.2) is 4.79 Å². The van der Waals surface area contributed by atoms with Crippen LogP contribution < -0.4 is 10.4 Å². The zero-order valence-electron chi connectivity index (χ0n) is 12.3. The van der Waals surface area contributed by atoms with Crippen molar-refractivity contribution in [2.75, 3.05) is 6.61 Å². The summed E-state index contributed by atoms with van der Waals surface area (Å²) in [6, 6.07) is 5.17. The Hall–Kier alpha value is -2.17. The zero-order valence-corrected chi connectivity index (χ0v) is 12.3. The molecule has 1 aliphatic rings. The standard InChI is InChI=1S/C15H16O9/c16-5-10-12(19)13(20)14(21)15(24-10)23-9-3-6-1-2-11(18)22-8(6)4-7(9)17/h1-4,10,12-17,19-21H,5H2/t10-,12+,13+,14-,15?/m1/s1. The number of rotatable bonds is 3. The minimum absolute atomic E-state index is 0.0966. The molecule has 0 spiro atoms. The number of phenolic OH excluding ortho intramolecular Hbond substituents is 1. The van der Waals surface area contributed by atoms with Crippen molar-refractivity contribution >= 4 is 11.0 Å². The van der Waals surface area contributed by atoms with E-state index in [4.69, 9.17) is 19.0 Å². The first-order valence-electron chi connectivity index (χ1n) is 7.15. The van der Waals surface area contributed by atoms with Gasteiger partial charge in [-0.1, -0.05) is 0 Å². The van der Waals surface area contributed by atoms with Crippen molar-refractivity contribution in [1.82, 2.24) is 0 Å². The number of hydrogen-bond donors (Lipinski definition) is 5. The number of aliphatic hydroxyl groups is 4. The van der Waals surface area contributed by atoms with Crippen molar-refractivity contribution in [3.8, 4) is 11.5 Å². The van der Waals surface area contributed by atoms with E-state index in [2.05, 4.69) is 0 Å². The number of hydrogen-bond acceptors (Lipinski definition) is 9. The van der Waals surface area contributed by atoms with Crippen LogP contribution in [-0.4, -0.2) is 62.8 Å². The lowest BCUT2D eigenvalue weighted by Gasteiger charge is -2.39. The van der Waals surface area contributed by atoms with E-state index in [-0.39, 0.29) is 17.1 Å². The third-order valence-electron chi connectivity index (χ3n) is 3.79. The van der Waals surface area contributed by atoms with E-state index in [0.717, 1.165) is 6.07 Å². The van der Waals surface area contributed by atoms with Crippen LogP contribution in [0.3, 0.4) is 0 Å². The molecule has 0 saturated carbocycles. The van der Waals surface area contributed by atoms with Crippen molar-refractivity contribution < 1.29 is 39.4 Å². The highest BCUT2D eigenvalue weighted by molar-refractivity contribution is 5.80. The molecule has 9 heteroatoms. The van der Waals surface area contributed by atoms with Crippen molar-refractivity contribution in [1.29, 1.82) is 0 Å². The predicted octanol–water partition coefficient (Wildman–Crippen LogP) is -1.32. The first-order chi connectivity index (χ1) is 11.4. The Morgan fingerprint density at radius 3 is 2.54 bits per heavy atom. The van der Waals surface area contributed by atoms with Gasteiger partial charge in [-0.15, -0.1) is 0 Å². The summed E-state index contributed by atoms with van der Waals surface area (Å²) in [5.74, 6) is -0.477. The van der Waals surface area contributed by atoms with Gasteiger partial charge in [0.25, 0.3) is 0 Å². The SMILES string of the molecule is O=c1ccc2cc(OC3O[C@H](CO)[C@H](O)[C@H](O)[C@H]3O)c(O)cc2o1. The maximum Gasteiger partial charge on any atom is 0.336 e. The van der Waals surface area contributed by atoms with Gasteiger partial charge in [-0.2, -0.15) is 0 Å². The van der Waals surface area contributed by atoms with Crippen molar-refractivity contribution in [3.05, 3.63) is 34.7 Å². The fraction of sp³-hybridized carbons (Fsp3) is 0.400. The van der Waals surface area contributed by atoms with Gasteiger partial charge in [0, 0.05) is 17.5 Å². The summed E-state index contributed by atoms with van der Waals surface area (Å²) in [5.41, 5.74) is -0.439. The molecule has 0 radical (unpaired) electrons. The second kappa shape index (κ2) is 6.38. The molecule has 1 aromatic heterocycles. The van der Waals surface area contributed by atoms with Crippen LogP contribution in [0.25, 0.3) is 11.0 Å². The summed E-state index contributed by atoms with van der Waals surface area (Å²) in [5, 5.41) is 49.0. The quantitative estimate of drug-likeness (QED) is 0.429. The van der Waals surface area contributed by atoms with Gasteiger partial charge in [-0.3, -0.25) is 0 Å². The topological polar surface area (TPSA) is 150 Å². The molecular weight excluding hydrogens is 324 g/mol. The molecule has 1 unspecified atom stereocenters. The van der Waals surface area contributed by atoms with E-state index in [9.17, 15) is 25.2 Å². The average molecular weight is 340 g/mol. The molecule has 9 nitrogen and oxygen atoms in total. The molecule has 1 aromatic carbocycles. The molecule has 2 heterocycles. The van der Waals surface area contributed by atoms with Crippen LogP contribution in [0.15, 0.2) is 33.5 Å². The van der Waals surface area contributed by atoms with E-state index in [1.807, 2.05) is 0 Å². The normalized spacial score (nSPS) is 30.4. The van der Waals surface area contributed by atoms with E-state index in [1.165, 1.54) is 18.2 Å². The Morgan fingerprint density at radius 1 is 1.08 bits per heavy atom. The summed E-state index contributed by atoms with van der Waals surface area (Å²) in [6.45, 7) is -0.598. The molecule has 0 bridgehead atoms. The predicted molar refractivity (Wildman–Crippen MR) is 78.5 cm³/mol. The molecule has 130 valence electrons. The van der Waals surface area contributed by atoms with Crippen LogP contribution in [0.4, 0.5) is 0 Å². The minimum Gasteiger partial charge on any atom is -0.504 e. The largest absolute Gasteiger partial charge is 0.504 e. The fourth-order valence-corrected chi connectivity index (χ4v) is 2.47. The Bertz CT molecular complexity index is 784. The lowest BCUT2D eigenvalue weighted by molar-refractivity contribution is -0.277. The number of aromatic hydroxyl groups is 1. The first kappa shape index (κ1) is 16.7. The number of benzene rings is 1. The highest BCUT2D eigenvalue weighted by atomic mass is 16.7. The summed E-state index contributed by atoms with van der Waals surface area (Å²) < 4.78 is 15.5. The number of ether oxygens (including phenoxy) is 2. The fourth-order valence-electron chi connectivity index (χ4n) is 2.47. The molecule has 1 saturated heterocycles. The Labute approximate surface area is 134 Å². The highest BCUT2D eigenvalue weighted by Crippen LogP contribution is 2.33. The summed E-state index contributed by atoms with van der Waals surface area (Å²) in [7, 11) is 0. The van der Waals surface area contributed by atoms with E-state index < -0.39 is 42.9 Å². The van der Waals surface area contributed by atoms with Crippen molar-refractivity contribution in [3.63, 3.8) is 0 Å². The van der Waals surface area contributed by atoms with Gasteiger partial charge < -0.3 is 39.4 Å². The summed E-state index contributed by atoms with van der Waals surface area (Å²) in [6.07, 6.45) is -7.27. The van der Waals surface area contributed by atoms with E-state index >= 15 is 0 Å². The van der Waals surface area contributed by atoms with E-state index in [0.29, 0.717) is 5.39 Å². The molecule has 0 aliphatic carbocycles. The van der Waals surface area contributed by atoms with Crippen LogP contribution in [-0.2, 0) is 4.74 Å².